The fourth-order valence-electron chi connectivity index (χ4n) is 7.49. The van der Waals surface area contributed by atoms with E-state index in [-0.39, 0.29) is 22.9 Å². The third-order valence-electron chi connectivity index (χ3n) is 9.31. The van der Waals surface area contributed by atoms with Crippen LogP contribution in [0.1, 0.15) is 86.0 Å². The molecule has 8 unspecified atom stereocenters. The largest absolute Gasteiger partial charge is 0.459 e. The van der Waals surface area contributed by atoms with Crippen molar-refractivity contribution in [2.45, 2.75) is 91.6 Å². The van der Waals surface area contributed by atoms with Crippen LogP contribution in [0.25, 0.3) is 0 Å². The zero-order valence-electron chi connectivity index (χ0n) is 17.0. The van der Waals surface area contributed by atoms with Gasteiger partial charge in [-0.05, 0) is 73.5 Å². The minimum atomic E-state index is -0.125. The number of ether oxygens (including phenoxy) is 1. The van der Waals surface area contributed by atoms with E-state index in [4.69, 9.17) is 4.74 Å². The molecular weight excluding hydrogens is 308 g/mol. The molecule has 4 saturated carbocycles. The first-order valence-electron chi connectivity index (χ1n) is 11.1. The number of carbonyl (C=O) groups is 1. The number of hydrogen-bond acceptors (Lipinski definition) is 2. The van der Waals surface area contributed by atoms with Crippen LogP contribution in [0.5, 0.6) is 0 Å². The van der Waals surface area contributed by atoms with Gasteiger partial charge in [0.05, 0.1) is 5.92 Å². The molecule has 142 valence electrons. The van der Waals surface area contributed by atoms with E-state index in [0.717, 1.165) is 48.9 Å². The van der Waals surface area contributed by atoms with Gasteiger partial charge in [0, 0.05) is 5.92 Å². The first-order chi connectivity index (χ1) is 11.8. The normalized spacial score (nSPS) is 45.6. The maximum absolute atomic E-state index is 13.1. The zero-order chi connectivity index (χ0) is 18.0. The second kappa shape index (κ2) is 5.99. The molecule has 4 bridgehead atoms. The highest BCUT2D eigenvalue weighted by Gasteiger charge is 2.68. The second-order valence-corrected chi connectivity index (χ2v) is 10.6. The maximum Gasteiger partial charge on any atom is 0.309 e. The van der Waals surface area contributed by atoms with Crippen molar-refractivity contribution in [2.75, 3.05) is 0 Å². The van der Waals surface area contributed by atoms with E-state index in [1.807, 2.05) is 0 Å². The van der Waals surface area contributed by atoms with Crippen molar-refractivity contribution in [1.82, 2.24) is 0 Å². The Morgan fingerprint density at radius 2 is 1.80 bits per heavy atom. The average Bonchev–Trinajstić information content (AvgIpc) is 3.32. The number of fused-ring (bicyclic) bond motifs is 9. The van der Waals surface area contributed by atoms with Crippen molar-refractivity contribution in [2.24, 2.45) is 46.8 Å². The lowest BCUT2D eigenvalue weighted by Gasteiger charge is -2.47. The zero-order valence-corrected chi connectivity index (χ0v) is 17.0. The monoisotopic (exact) mass is 346 g/mol. The van der Waals surface area contributed by atoms with Crippen LogP contribution in [0.15, 0.2) is 0 Å². The highest BCUT2D eigenvalue weighted by molar-refractivity contribution is 5.73. The quantitative estimate of drug-likeness (QED) is 0.446. The lowest BCUT2D eigenvalue weighted by molar-refractivity contribution is -0.181. The van der Waals surface area contributed by atoms with Gasteiger partial charge in [-0.15, -0.1) is 0 Å². The lowest BCUT2D eigenvalue weighted by atomic mass is 9.64. The van der Waals surface area contributed by atoms with Gasteiger partial charge in [0.1, 0.15) is 5.60 Å². The Kier molecular flexibility index (Phi) is 4.28. The Morgan fingerprint density at radius 3 is 2.44 bits per heavy atom. The Hall–Kier alpha value is -0.530. The van der Waals surface area contributed by atoms with Crippen molar-refractivity contribution >= 4 is 5.97 Å². The van der Waals surface area contributed by atoms with Gasteiger partial charge in [0.15, 0.2) is 0 Å². The summed E-state index contributed by atoms with van der Waals surface area (Å²) in [6.45, 7) is 10.9. The van der Waals surface area contributed by atoms with Crippen molar-refractivity contribution in [3.63, 3.8) is 0 Å². The van der Waals surface area contributed by atoms with Gasteiger partial charge < -0.3 is 4.74 Å². The fourth-order valence-corrected chi connectivity index (χ4v) is 7.49. The molecule has 0 N–H and O–H groups in total. The molecule has 0 spiro atoms. The number of hydrogen-bond donors (Lipinski definition) is 0. The summed E-state index contributed by atoms with van der Waals surface area (Å²) < 4.78 is 6.50. The lowest BCUT2D eigenvalue weighted by Crippen LogP contribution is -2.49. The standard InChI is InChI=1S/C23H38O2/c1-6-10-23(25-21(24)14(3)22(4,5)7-2)13-17-12-18(23)20-16-9-8-15(11-16)19(17)20/h14-20H,6-13H2,1-5H3. The summed E-state index contributed by atoms with van der Waals surface area (Å²) >= 11 is 0. The number of carbonyl (C=O) groups excluding carboxylic acids is 1. The predicted octanol–water partition coefficient (Wildman–Crippen LogP) is 5.84. The molecule has 4 rings (SSSR count). The molecule has 0 heterocycles. The number of esters is 1. The van der Waals surface area contributed by atoms with Gasteiger partial charge in [-0.25, -0.2) is 0 Å². The SMILES string of the molecule is CCCC1(OC(=O)C(C)C(C)(C)CC)CC2CC1C1C3CCC(C3)C21. The first-order valence-corrected chi connectivity index (χ1v) is 11.1. The van der Waals surface area contributed by atoms with E-state index < -0.39 is 0 Å². The van der Waals surface area contributed by atoms with E-state index >= 15 is 0 Å². The van der Waals surface area contributed by atoms with Crippen molar-refractivity contribution < 1.29 is 9.53 Å². The Labute approximate surface area is 154 Å². The van der Waals surface area contributed by atoms with Crippen LogP contribution in [0.2, 0.25) is 0 Å². The predicted molar refractivity (Wildman–Crippen MR) is 101 cm³/mol. The minimum absolute atomic E-state index is 0.0128. The molecule has 0 aromatic heterocycles. The smallest absolute Gasteiger partial charge is 0.309 e. The van der Waals surface area contributed by atoms with Gasteiger partial charge >= 0.3 is 5.97 Å². The topological polar surface area (TPSA) is 26.3 Å². The maximum atomic E-state index is 13.1. The Morgan fingerprint density at radius 1 is 1.12 bits per heavy atom. The fraction of sp³-hybridized carbons (Fsp3) is 0.957. The molecule has 0 saturated heterocycles. The van der Waals surface area contributed by atoms with Crippen LogP contribution in [0.3, 0.4) is 0 Å². The van der Waals surface area contributed by atoms with Crippen LogP contribution in [0.4, 0.5) is 0 Å². The van der Waals surface area contributed by atoms with E-state index in [0.29, 0.717) is 5.92 Å². The molecule has 4 fully saturated rings. The van der Waals surface area contributed by atoms with Crippen LogP contribution >= 0.6 is 0 Å². The Balaban J connectivity index is 1.55. The van der Waals surface area contributed by atoms with Crippen LogP contribution in [-0.4, -0.2) is 11.6 Å². The summed E-state index contributed by atoms with van der Waals surface area (Å²) in [5.41, 5.74) is -0.0999. The molecule has 2 nitrogen and oxygen atoms in total. The third kappa shape index (κ3) is 2.52. The van der Waals surface area contributed by atoms with E-state index in [2.05, 4.69) is 34.6 Å². The highest BCUT2D eigenvalue weighted by Crippen LogP contribution is 2.71. The molecule has 0 aliphatic heterocycles. The molecular formula is C23H38O2. The summed E-state index contributed by atoms with van der Waals surface area (Å²) in [6.07, 6.45) is 10.2. The van der Waals surface area contributed by atoms with Crippen LogP contribution < -0.4 is 0 Å². The van der Waals surface area contributed by atoms with Gasteiger partial charge in [0.2, 0.25) is 0 Å². The van der Waals surface area contributed by atoms with E-state index in [1.54, 1.807) is 0 Å². The van der Waals surface area contributed by atoms with Gasteiger partial charge in [-0.1, -0.05) is 47.5 Å². The first kappa shape index (κ1) is 17.9. The molecule has 25 heavy (non-hydrogen) atoms. The average molecular weight is 347 g/mol. The Bertz CT molecular complexity index is 538. The second-order valence-electron chi connectivity index (χ2n) is 10.6. The van der Waals surface area contributed by atoms with Crippen molar-refractivity contribution in [3.8, 4) is 0 Å². The van der Waals surface area contributed by atoms with E-state index in [9.17, 15) is 4.79 Å². The van der Waals surface area contributed by atoms with Gasteiger partial charge in [-0.3, -0.25) is 4.79 Å². The molecule has 4 aliphatic rings. The van der Waals surface area contributed by atoms with Crippen molar-refractivity contribution in [3.05, 3.63) is 0 Å². The molecule has 0 aromatic carbocycles. The summed E-state index contributed by atoms with van der Waals surface area (Å²) in [6, 6.07) is 0. The molecule has 0 amide bonds. The summed E-state index contributed by atoms with van der Waals surface area (Å²) in [5.74, 6) is 5.40. The van der Waals surface area contributed by atoms with Crippen LogP contribution in [0, 0.1) is 46.8 Å². The van der Waals surface area contributed by atoms with Crippen LogP contribution in [-0.2, 0) is 9.53 Å². The summed E-state index contributed by atoms with van der Waals surface area (Å²) in [7, 11) is 0. The van der Waals surface area contributed by atoms with E-state index in [1.165, 1.54) is 32.1 Å². The summed E-state index contributed by atoms with van der Waals surface area (Å²) in [4.78, 5) is 13.1. The highest BCUT2D eigenvalue weighted by atomic mass is 16.6. The molecule has 0 radical (unpaired) electrons. The van der Waals surface area contributed by atoms with Crippen molar-refractivity contribution in [1.29, 1.82) is 0 Å². The molecule has 2 heteroatoms. The minimum Gasteiger partial charge on any atom is -0.459 e. The molecule has 4 aliphatic carbocycles. The molecule has 0 aromatic rings. The third-order valence-corrected chi connectivity index (χ3v) is 9.31. The van der Waals surface area contributed by atoms with Gasteiger partial charge in [0.25, 0.3) is 0 Å². The number of rotatable bonds is 6. The van der Waals surface area contributed by atoms with Gasteiger partial charge in [-0.2, -0.15) is 0 Å². The summed E-state index contributed by atoms with van der Waals surface area (Å²) in [5, 5.41) is 0. The molecule has 8 atom stereocenters.